The summed E-state index contributed by atoms with van der Waals surface area (Å²) in [4.78, 5) is 0.930. The summed E-state index contributed by atoms with van der Waals surface area (Å²) in [5.41, 5.74) is 0. The topological polar surface area (TPSA) is 56.0 Å². The molecule has 0 aliphatic carbocycles. The van der Waals surface area contributed by atoms with Crippen molar-refractivity contribution in [3.8, 4) is 6.07 Å². The molecule has 1 heterocycles. The fraction of sp³-hybridized carbons (Fsp3) is 0.375. The van der Waals surface area contributed by atoms with E-state index in [1.807, 2.05) is 6.07 Å². The molecule has 0 aliphatic rings. The second-order valence-corrected chi connectivity index (χ2v) is 5.77. The fourth-order valence-corrected chi connectivity index (χ4v) is 3.03. The van der Waals surface area contributed by atoms with Crippen LogP contribution in [0.15, 0.2) is 14.3 Å². The van der Waals surface area contributed by atoms with Crippen LogP contribution in [0, 0.1) is 11.3 Å². The van der Waals surface area contributed by atoms with Crippen LogP contribution in [0.5, 0.6) is 0 Å². The lowest BCUT2D eigenvalue weighted by atomic mass is 10.2. The van der Waals surface area contributed by atoms with Gasteiger partial charge in [-0.25, -0.2) is 0 Å². The minimum atomic E-state index is -0.352. The van der Waals surface area contributed by atoms with E-state index >= 15 is 0 Å². The molecule has 1 unspecified atom stereocenters. The summed E-state index contributed by atoms with van der Waals surface area (Å²) < 4.78 is 1.92. The van der Waals surface area contributed by atoms with Crippen LogP contribution >= 0.6 is 43.2 Å². The molecular weight excluding hydrogens is 332 g/mol. The van der Waals surface area contributed by atoms with Crippen LogP contribution < -0.4 is 5.32 Å². The minimum absolute atomic E-state index is 0.0336. The summed E-state index contributed by atoms with van der Waals surface area (Å²) in [7, 11) is 0. The molecule has 1 aromatic rings. The van der Waals surface area contributed by atoms with Crippen molar-refractivity contribution in [2.75, 3.05) is 13.2 Å². The van der Waals surface area contributed by atoms with Crippen molar-refractivity contribution in [1.29, 1.82) is 5.26 Å². The van der Waals surface area contributed by atoms with Gasteiger partial charge in [-0.1, -0.05) is 0 Å². The van der Waals surface area contributed by atoms with Gasteiger partial charge < -0.3 is 5.11 Å². The molecule has 0 amide bonds. The molecule has 0 aromatic carbocycles. The zero-order valence-electron chi connectivity index (χ0n) is 7.13. The van der Waals surface area contributed by atoms with Gasteiger partial charge in [0.15, 0.2) is 0 Å². The van der Waals surface area contributed by atoms with Crippen LogP contribution in [0.4, 0.5) is 0 Å². The van der Waals surface area contributed by atoms with Crippen molar-refractivity contribution in [1.82, 2.24) is 5.32 Å². The fourth-order valence-electron chi connectivity index (χ4n) is 0.924. The number of hydrogen-bond donors (Lipinski definition) is 2. The molecule has 2 N–H and O–H groups in total. The molecule has 6 heteroatoms. The maximum absolute atomic E-state index is 8.89. The largest absolute Gasteiger partial charge is 0.395 e. The highest BCUT2D eigenvalue weighted by Gasteiger charge is 2.14. The van der Waals surface area contributed by atoms with Crippen molar-refractivity contribution < 1.29 is 5.11 Å². The van der Waals surface area contributed by atoms with Crippen molar-refractivity contribution in [3.63, 3.8) is 0 Å². The number of hydrogen-bond acceptors (Lipinski definition) is 4. The first-order valence-corrected chi connectivity index (χ1v) is 6.28. The molecule has 1 rings (SSSR count). The zero-order chi connectivity index (χ0) is 10.6. The maximum atomic E-state index is 8.89. The number of thiophene rings is 1. The standard InChI is InChI=1S/C8H8Br2N2OS/c9-5-3-7(14-8(5)10)6(4-11)12-1-2-13/h3,6,12-13H,1-2H2. The Morgan fingerprint density at radius 3 is 2.79 bits per heavy atom. The average Bonchev–Trinajstić information content (AvgIpc) is 2.48. The number of nitriles is 1. The maximum Gasteiger partial charge on any atom is 0.130 e. The molecule has 0 spiro atoms. The second kappa shape index (κ2) is 5.83. The number of rotatable bonds is 4. The molecule has 14 heavy (non-hydrogen) atoms. The molecule has 1 atom stereocenters. The predicted octanol–water partition coefficient (Wildman–Crippen LogP) is 2.42. The van der Waals surface area contributed by atoms with Gasteiger partial charge in [-0.3, -0.25) is 5.32 Å². The van der Waals surface area contributed by atoms with Gasteiger partial charge in [-0.15, -0.1) is 11.3 Å². The summed E-state index contributed by atoms with van der Waals surface area (Å²) in [5, 5.41) is 20.5. The smallest absolute Gasteiger partial charge is 0.130 e. The van der Waals surface area contributed by atoms with Gasteiger partial charge in [0.25, 0.3) is 0 Å². The summed E-state index contributed by atoms with van der Waals surface area (Å²) in [6.45, 7) is 0.456. The van der Waals surface area contributed by atoms with Gasteiger partial charge >= 0.3 is 0 Å². The Kier molecular flexibility index (Phi) is 5.06. The number of nitrogens with zero attached hydrogens (tertiary/aromatic N) is 1. The van der Waals surface area contributed by atoms with Gasteiger partial charge in [-0.2, -0.15) is 5.26 Å². The van der Waals surface area contributed by atoms with Gasteiger partial charge in [0.1, 0.15) is 6.04 Å². The SMILES string of the molecule is N#CC(NCCO)c1cc(Br)c(Br)s1. The van der Waals surface area contributed by atoms with Gasteiger partial charge in [0.05, 0.1) is 16.5 Å². The Balaban J connectivity index is 2.75. The molecule has 76 valence electrons. The van der Waals surface area contributed by atoms with Crippen molar-refractivity contribution >= 4 is 43.2 Å². The molecule has 0 aliphatic heterocycles. The van der Waals surface area contributed by atoms with E-state index in [0.717, 1.165) is 13.1 Å². The highest BCUT2D eigenvalue weighted by atomic mass is 79.9. The van der Waals surface area contributed by atoms with Gasteiger partial charge in [-0.05, 0) is 37.9 Å². The van der Waals surface area contributed by atoms with Crippen molar-refractivity contribution in [2.24, 2.45) is 0 Å². The van der Waals surface area contributed by atoms with E-state index in [1.54, 1.807) is 0 Å². The van der Waals surface area contributed by atoms with Crippen LogP contribution in [0.3, 0.4) is 0 Å². The van der Waals surface area contributed by atoms with E-state index in [2.05, 4.69) is 43.2 Å². The highest BCUT2D eigenvalue weighted by molar-refractivity contribution is 9.13. The van der Waals surface area contributed by atoms with Crippen molar-refractivity contribution in [3.05, 3.63) is 19.2 Å². The molecule has 0 saturated carbocycles. The van der Waals surface area contributed by atoms with Crippen LogP contribution in [0.2, 0.25) is 0 Å². The van der Waals surface area contributed by atoms with Crippen molar-refractivity contribution in [2.45, 2.75) is 6.04 Å². The van der Waals surface area contributed by atoms with E-state index in [4.69, 9.17) is 10.4 Å². The van der Waals surface area contributed by atoms with Crippen LogP contribution in [0.25, 0.3) is 0 Å². The summed E-state index contributed by atoms with van der Waals surface area (Å²) in [5.74, 6) is 0. The van der Waals surface area contributed by atoms with E-state index < -0.39 is 0 Å². The van der Waals surface area contributed by atoms with Crippen LogP contribution in [-0.4, -0.2) is 18.3 Å². The predicted molar refractivity (Wildman–Crippen MR) is 63.2 cm³/mol. The Hall–Kier alpha value is 0.0700. The van der Waals surface area contributed by atoms with Crippen LogP contribution in [-0.2, 0) is 0 Å². The van der Waals surface area contributed by atoms with Gasteiger partial charge in [0.2, 0.25) is 0 Å². The minimum Gasteiger partial charge on any atom is -0.395 e. The van der Waals surface area contributed by atoms with E-state index in [9.17, 15) is 0 Å². The molecule has 1 aromatic heterocycles. The Labute approximate surface area is 103 Å². The number of aliphatic hydroxyl groups is 1. The Bertz CT molecular complexity index is 328. The summed E-state index contributed by atoms with van der Waals surface area (Å²) in [6.07, 6.45) is 0. The zero-order valence-corrected chi connectivity index (χ0v) is 11.1. The third-order valence-electron chi connectivity index (χ3n) is 1.54. The summed E-state index contributed by atoms with van der Waals surface area (Å²) in [6, 6.07) is 3.68. The first kappa shape index (κ1) is 12.1. The quantitative estimate of drug-likeness (QED) is 0.885. The van der Waals surface area contributed by atoms with E-state index in [-0.39, 0.29) is 12.6 Å². The lowest BCUT2D eigenvalue weighted by Gasteiger charge is -2.06. The lowest BCUT2D eigenvalue weighted by Crippen LogP contribution is -2.22. The normalized spacial score (nSPS) is 12.4. The lowest BCUT2D eigenvalue weighted by molar-refractivity contribution is 0.289. The Morgan fingerprint density at radius 1 is 1.64 bits per heavy atom. The average molecular weight is 340 g/mol. The highest BCUT2D eigenvalue weighted by Crippen LogP contribution is 2.35. The third kappa shape index (κ3) is 3.04. The first-order valence-electron chi connectivity index (χ1n) is 3.87. The van der Waals surface area contributed by atoms with Crippen LogP contribution in [0.1, 0.15) is 10.9 Å². The van der Waals surface area contributed by atoms with E-state index in [1.165, 1.54) is 11.3 Å². The molecular formula is C8H8Br2N2OS. The monoisotopic (exact) mass is 338 g/mol. The second-order valence-electron chi connectivity index (χ2n) is 2.51. The molecule has 0 saturated heterocycles. The number of nitrogens with one attached hydrogen (secondary N) is 1. The number of aliphatic hydroxyl groups excluding tert-OH is 1. The molecule has 0 bridgehead atoms. The molecule has 3 nitrogen and oxygen atoms in total. The van der Waals surface area contributed by atoms with E-state index in [0.29, 0.717) is 6.54 Å². The first-order chi connectivity index (χ1) is 6.69. The molecule has 0 fully saturated rings. The Morgan fingerprint density at radius 2 is 2.36 bits per heavy atom. The molecule has 0 radical (unpaired) electrons. The third-order valence-corrected chi connectivity index (χ3v) is 4.86. The summed E-state index contributed by atoms with van der Waals surface area (Å²) >= 11 is 8.23. The van der Waals surface area contributed by atoms with Gasteiger partial charge in [0, 0.05) is 15.9 Å². The number of halogens is 2.